The van der Waals surface area contributed by atoms with Crippen LogP contribution in [0.5, 0.6) is 0 Å². The summed E-state index contributed by atoms with van der Waals surface area (Å²) in [5.74, 6) is 0.539. The molecule has 0 radical (unpaired) electrons. The third-order valence-electron chi connectivity index (χ3n) is 3.54. The Morgan fingerprint density at radius 1 is 1.39 bits per heavy atom. The second-order valence-corrected chi connectivity index (χ2v) is 4.87. The first-order valence-corrected chi connectivity index (χ1v) is 6.33. The normalized spacial score (nSPS) is 24.1. The van der Waals surface area contributed by atoms with Crippen molar-refractivity contribution in [2.45, 2.75) is 52.2 Å². The number of hydrogen-bond donors (Lipinski definition) is 1. The molecule has 5 heteroatoms. The van der Waals surface area contributed by atoms with Gasteiger partial charge in [0.2, 0.25) is 5.89 Å². The number of aryl methyl sites for hydroxylation is 2. The number of aromatic nitrogens is 1. The van der Waals surface area contributed by atoms with Gasteiger partial charge in [-0.25, -0.2) is 4.98 Å². The molecule has 0 atom stereocenters. The molecule has 1 aromatic rings. The molecule has 0 amide bonds. The molecule has 1 fully saturated rings. The van der Waals surface area contributed by atoms with E-state index in [0.29, 0.717) is 25.3 Å². The van der Waals surface area contributed by atoms with E-state index in [1.54, 1.807) is 0 Å². The summed E-state index contributed by atoms with van der Waals surface area (Å²) in [6, 6.07) is 0. The third kappa shape index (κ3) is 3.10. The van der Waals surface area contributed by atoms with Crippen LogP contribution in [0.3, 0.4) is 0 Å². The van der Waals surface area contributed by atoms with Gasteiger partial charge in [-0.3, -0.25) is 4.79 Å². The Kier molecular flexibility index (Phi) is 4.01. The van der Waals surface area contributed by atoms with E-state index in [1.807, 2.05) is 13.8 Å². The van der Waals surface area contributed by atoms with Crippen molar-refractivity contribution in [1.82, 2.24) is 4.98 Å². The van der Waals surface area contributed by atoms with Crippen LogP contribution in [-0.2, 0) is 16.1 Å². The van der Waals surface area contributed by atoms with Crippen molar-refractivity contribution in [3.8, 4) is 0 Å². The number of carboxylic acid groups (broad SMARTS) is 1. The molecule has 1 saturated carbocycles. The van der Waals surface area contributed by atoms with Gasteiger partial charge in [0.15, 0.2) is 0 Å². The van der Waals surface area contributed by atoms with Gasteiger partial charge in [0.05, 0.1) is 17.7 Å². The number of rotatable bonds is 4. The number of oxazole rings is 1. The Balaban J connectivity index is 1.77. The first-order valence-electron chi connectivity index (χ1n) is 6.33. The summed E-state index contributed by atoms with van der Waals surface area (Å²) in [4.78, 5) is 15.1. The van der Waals surface area contributed by atoms with E-state index in [0.717, 1.165) is 24.3 Å². The molecular weight excluding hydrogens is 234 g/mol. The standard InChI is InChI=1S/C13H19NO4/c1-8-9(2)18-12(14-8)7-17-11-5-3-10(4-6-11)13(15)16/h10-11H,3-7H2,1-2H3,(H,15,16). The molecule has 0 saturated heterocycles. The Bertz CT molecular complexity index is 399. The topological polar surface area (TPSA) is 72.6 Å². The maximum absolute atomic E-state index is 10.8. The van der Waals surface area contributed by atoms with Gasteiger partial charge in [0.25, 0.3) is 0 Å². The lowest BCUT2D eigenvalue weighted by atomic mass is 9.87. The SMILES string of the molecule is Cc1nc(COC2CCC(C(=O)O)CC2)oc1C. The maximum atomic E-state index is 10.8. The van der Waals surface area contributed by atoms with Crippen LogP contribution in [0.1, 0.15) is 43.0 Å². The molecule has 0 aromatic carbocycles. The molecule has 100 valence electrons. The highest BCUT2D eigenvalue weighted by molar-refractivity contribution is 5.70. The van der Waals surface area contributed by atoms with Crippen molar-refractivity contribution in [3.63, 3.8) is 0 Å². The average Bonchev–Trinajstić information content (AvgIpc) is 2.67. The van der Waals surface area contributed by atoms with Gasteiger partial charge in [0.1, 0.15) is 12.4 Å². The van der Waals surface area contributed by atoms with Crippen molar-refractivity contribution in [3.05, 3.63) is 17.3 Å². The van der Waals surface area contributed by atoms with E-state index in [1.165, 1.54) is 0 Å². The van der Waals surface area contributed by atoms with E-state index in [-0.39, 0.29) is 12.0 Å². The summed E-state index contributed by atoms with van der Waals surface area (Å²) in [5, 5.41) is 8.90. The minimum absolute atomic E-state index is 0.133. The zero-order chi connectivity index (χ0) is 13.1. The molecular formula is C13H19NO4. The predicted molar refractivity (Wildman–Crippen MR) is 64.1 cm³/mol. The Morgan fingerprint density at radius 2 is 2.06 bits per heavy atom. The maximum Gasteiger partial charge on any atom is 0.306 e. The highest BCUT2D eigenvalue weighted by Crippen LogP contribution is 2.27. The van der Waals surface area contributed by atoms with Crippen LogP contribution in [0.2, 0.25) is 0 Å². The molecule has 1 heterocycles. The Labute approximate surface area is 106 Å². The molecule has 1 aromatic heterocycles. The number of carboxylic acids is 1. The van der Waals surface area contributed by atoms with E-state index in [9.17, 15) is 4.79 Å². The van der Waals surface area contributed by atoms with Crippen molar-refractivity contribution in [2.24, 2.45) is 5.92 Å². The van der Waals surface area contributed by atoms with Gasteiger partial charge in [-0.2, -0.15) is 0 Å². The summed E-state index contributed by atoms with van der Waals surface area (Å²) < 4.78 is 11.2. The Morgan fingerprint density at radius 3 is 2.56 bits per heavy atom. The lowest BCUT2D eigenvalue weighted by molar-refractivity contribution is -0.144. The van der Waals surface area contributed by atoms with Crippen molar-refractivity contribution in [1.29, 1.82) is 0 Å². The minimum atomic E-state index is -0.688. The molecule has 0 bridgehead atoms. The Hall–Kier alpha value is -1.36. The van der Waals surface area contributed by atoms with Crippen molar-refractivity contribution >= 4 is 5.97 Å². The zero-order valence-corrected chi connectivity index (χ0v) is 10.8. The van der Waals surface area contributed by atoms with Crippen LogP contribution in [0.15, 0.2) is 4.42 Å². The van der Waals surface area contributed by atoms with E-state index in [4.69, 9.17) is 14.3 Å². The van der Waals surface area contributed by atoms with Gasteiger partial charge in [0, 0.05) is 0 Å². The lowest BCUT2D eigenvalue weighted by Gasteiger charge is -2.25. The van der Waals surface area contributed by atoms with E-state index in [2.05, 4.69) is 4.98 Å². The van der Waals surface area contributed by atoms with Crippen LogP contribution < -0.4 is 0 Å². The summed E-state index contributed by atoms with van der Waals surface area (Å²) in [6.45, 7) is 4.15. The first-order chi connectivity index (χ1) is 8.56. The molecule has 0 unspecified atom stereocenters. The van der Waals surface area contributed by atoms with Gasteiger partial charge in [-0.05, 0) is 39.5 Å². The van der Waals surface area contributed by atoms with Crippen LogP contribution >= 0.6 is 0 Å². The quantitative estimate of drug-likeness (QED) is 0.892. The van der Waals surface area contributed by atoms with Gasteiger partial charge in [-0.15, -0.1) is 0 Å². The van der Waals surface area contributed by atoms with Crippen LogP contribution in [0.25, 0.3) is 0 Å². The largest absolute Gasteiger partial charge is 0.481 e. The molecule has 1 N–H and O–H groups in total. The van der Waals surface area contributed by atoms with Gasteiger partial charge >= 0.3 is 5.97 Å². The zero-order valence-electron chi connectivity index (χ0n) is 10.8. The third-order valence-corrected chi connectivity index (χ3v) is 3.54. The smallest absolute Gasteiger partial charge is 0.306 e. The number of carbonyl (C=O) groups is 1. The first kappa shape index (κ1) is 13.1. The fraction of sp³-hybridized carbons (Fsp3) is 0.692. The van der Waals surface area contributed by atoms with Crippen LogP contribution in [-0.4, -0.2) is 22.2 Å². The van der Waals surface area contributed by atoms with Gasteiger partial charge in [-0.1, -0.05) is 0 Å². The van der Waals surface area contributed by atoms with E-state index >= 15 is 0 Å². The highest BCUT2D eigenvalue weighted by Gasteiger charge is 2.26. The lowest BCUT2D eigenvalue weighted by Crippen LogP contribution is -2.25. The molecule has 18 heavy (non-hydrogen) atoms. The monoisotopic (exact) mass is 253 g/mol. The second-order valence-electron chi connectivity index (χ2n) is 4.87. The molecule has 1 aliphatic rings. The minimum Gasteiger partial charge on any atom is -0.481 e. The predicted octanol–water partition coefficient (Wildman–Crippen LogP) is 2.45. The second kappa shape index (κ2) is 5.52. The molecule has 5 nitrogen and oxygen atoms in total. The average molecular weight is 253 g/mol. The summed E-state index contributed by atoms with van der Waals surface area (Å²) in [6.07, 6.45) is 3.13. The summed E-state index contributed by atoms with van der Waals surface area (Å²) >= 11 is 0. The van der Waals surface area contributed by atoms with Crippen molar-refractivity contribution < 1.29 is 19.1 Å². The molecule has 1 aliphatic carbocycles. The number of ether oxygens (including phenoxy) is 1. The van der Waals surface area contributed by atoms with E-state index < -0.39 is 5.97 Å². The van der Waals surface area contributed by atoms with Gasteiger partial charge < -0.3 is 14.3 Å². The molecule has 0 spiro atoms. The molecule has 0 aliphatic heterocycles. The highest BCUT2D eigenvalue weighted by atomic mass is 16.5. The summed E-state index contributed by atoms with van der Waals surface area (Å²) in [7, 11) is 0. The van der Waals surface area contributed by atoms with Crippen molar-refractivity contribution in [2.75, 3.05) is 0 Å². The number of hydrogen-bond acceptors (Lipinski definition) is 4. The summed E-state index contributed by atoms with van der Waals surface area (Å²) in [5.41, 5.74) is 0.892. The number of aliphatic carboxylic acids is 1. The fourth-order valence-electron chi connectivity index (χ4n) is 2.27. The van der Waals surface area contributed by atoms with Crippen LogP contribution in [0.4, 0.5) is 0 Å². The van der Waals surface area contributed by atoms with Crippen LogP contribution in [0, 0.1) is 19.8 Å². The fourth-order valence-corrected chi connectivity index (χ4v) is 2.27. The number of nitrogens with zero attached hydrogens (tertiary/aromatic N) is 1. The molecule has 2 rings (SSSR count).